The summed E-state index contributed by atoms with van der Waals surface area (Å²) in [5.41, 5.74) is 0. The summed E-state index contributed by atoms with van der Waals surface area (Å²) in [5.74, 6) is 1.95. The molecule has 1 aromatic heterocycles. The number of nitrogens with zero attached hydrogens (tertiary/aromatic N) is 3. The predicted molar refractivity (Wildman–Crippen MR) is 84.5 cm³/mol. The Morgan fingerprint density at radius 1 is 1.48 bits per heavy atom. The molecule has 0 saturated carbocycles. The SMILES string of the molecule is CN=C(NCCCCn1ccnc1C)NCC1CCCO1. The van der Waals surface area contributed by atoms with E-state index in [-0.39, 0.29) is 0 Å². The van der Waals surface area contributed by atoms with Crippen molar-refractivity contribution < 1.29 is 4.74 Å². The van der Waals surface area contributed by atoms with Crippen molar-refractivity contribution in [3.63, 3.8) is 0 Å². The van der Waals surface area contributed by atoms with Gasteiger partial charge in [-0.1, -0.05) is 0 Å². The quantitative estimate of drug-likeness (QED) is 0.452. The molecular formula is C15H27N5O. The van der Waals surface area contributed by atoms with Crippen LogP contribution in [0.15, 0.2) is 17.4 Å². The van der Waals surface area contributed by atoms with Crippen LogP contribution < -0.4 is 10.6 Å². The molecule has 0 amide bonds. The number of hydrogen-bond acceptors (Lipinski definition) is 3. The molecule has 1 aromatic rings. The van der Waals surface area contributed by atoms with E-state index in [4.69, 9.17) is 4.74 Å². The van der Waals surface area contributed by atoms with Crippen LogP contribution in [0.5, 0.6) is 0 Å². The van der Waals surface area contributed by atoms with Crippen LogP contribution in [0.2, 0.25) is 0 Å². The number of aryl methyl sites for hydroxylation is 2. The summed E-state index contributed by atoms with van der Waals surface area (Å²) >= 11 is 0. The van der Waals surface area contributed by atoms with Crippen molar-refractivity contribution in [3.8, 4) is 0 Å². The number of unbranched alkanes of at least 4 members (excludes halogenated alkanes) is 1. The molecule has 118 valence electrons. The van der Waals surface area contributed by atoms with Crippen LogP contribution >= 0.6 is 0 Å². The third-order valence-electron chi connectivity index (χ3n) is 3.79. The second kappa shape index (κ2) is 8.67. The normalized spacial score (nSPS) is 19.0. The second-order valence-corrected chi connectivity index (χ2v) is 5.39. The summed E-state index contributed by atoms with van der Waals surface area (Å²) in [4.78, 5) is 8.46. The molecule has 1 saturated heterocycles. The van der Waals surface area contributed by atoms with E-state index in [2.05, 4.69) is 25.2 Å². The van der Waals surface area contributed by atoms with Crippen LogP contribution in [-0.2, 0) is 11.3 Å². The first-order valence-electron chi connectivity index (χ1n) is 7.83. The highest BCUT2D eigenvalue weighted by Gasteiger charge is 2.15. The molecule has 2 rings (SSSR count). The molecule has 1 aliphatic heterocycles. The van der Waals surface area contributed by atoms with Crippen molar-refractivity contribution >= 4 is 5.96 Å². The van der Waals surface area contributed by atoms with Crippen LogP contribution in [-0.4, -0.2) is 48.4 Å². The van der Waals surface area contributed by atoms with E-state index in [0.717, 1.165) is 57.3 Å². The van der Waals surface area contributed by atoms with Crippen molar-refractivity contribution in [3.05, 3.63) is 18.2 Å². The fourth-order valence-electron chi connectivity index (χ4n) is 2.49. The van der Waals surface area contributed by atoms with Gasteiger partial charge in [0.2, 0.25) is 0 Å². The zero-order chi connectivity index (χ0) is 14.9. The van der Waals surface area contributed by atoms with Gasteiger partial charge in [-0.05, 0) is 32.6 Å². The average Bonchev–Trinajstić information content (AvgIpc) is 3.14. The first-order chi connectivity index (χ1) is 10.3. The van der Waals surface area contributed by atoms with Gasteiger partial charge in [-0.15, -0.1) is 0 Å². The van der Waals surface area contributed by atoms with Gasteiger partial charge in [-0.2, -0.15) is 0 Å². The third kappa shape index (κ3) is 5.38. The van der Waals surface area contributed by atoms with Gasteiger partial charge in [-0.25, -0.2) is 4.98 Å². The van der Waals surface area contributed by atoms with E-state index in [1.54, 1.807) is 7.05 Å². The largest absolute Gasteiger partial charge is 0.376 e. The molecule has 1 fully saturated rings. The van der Waals surface area contributed by atoms with Gasteiger partial charge in [0.15, 0.2) is 5.96 Å². The molecule has 0 aliphatic carbocycles. The van der Waals surface area contributed by atoms with E-state index in [1.165, 1.54) is 6.42 Å². The smallest absolute Gasteiger partial charge is 0.191 e. The molecule has 6 heteroatoms. The van der Waals surface area contributed by atoms with Gasteiger partial charge < -0.3 is 19.9 Å². The number of nitrogens with one attached hydrogen (secondary N) is 2. The molecule has 0 radical (unpaired) electrons. The Hall–Kier alpha value is -1.56. The Morgan fingerprint density at radius 3 is 3.05 bits per heavy atom. The van der Waals surface area contributed by atoms with Crippen molar-refractivity contribution in [2.45, 2.75) is 45.3 Å². The van der Waals surface area contributed by atoms with Crippen LogP contribution in [0.3, 0.4) is 0 Å². The minimum absolute atomic E-state index is 0.341. The van der Waals surface area contributed by atoms with Crippen molar-refractivity contribution in [1.82, 2.24) is 20.2 Å². The monoisotopic (exact) mass is 293 g/mol. The maximum absolute atomic E-state index is 5.59. The molecule has 2 heterocycles. The molecular weight excluding hydrogens is 266 g/mol. The zero-order valence-electron chi connectivity index (χ0n) is 13.1. The molecule has 0 aromatic carbocycles. The minimum Gasteiger partial charge on any atom is -0.376 e. The number of ether oxygens (including phenoxy) is 1. The van der Waals surface area contributed by atoms with E-state index < -0.39 is 0 Å². The maximum atomic E-state index is 5.59. The number of aliphatic imine (C=N–C) groups is 1. The highest BCUT2D eigenvalue weighted by Crippen LogP contribution is 2.10. The standard InChI is InChI=1S/C15H27N5O/c1-13-17-8-10-20(13)9-4-3-7-18-15(16-2)19-12-14-6-5-11-21-14/h8,10,14H,3-7,9,11-12H2,1-2H3,(H2,16,18,19). The number of hydrogen-bond donors (Lipinski definition) is 2. The Bertz CT molecular complexity index is 437. The Morgan fingerprint density at radius 2 is 2.38 bits per heavy atom. The minimum atomic E-state index is 0.341. The summed E-state index contributed by atoms with van der Waals surface area (Å²) < 4.78 is 7.77. The summed E-state index contributed by atoms with van der Waals surface area (Å²) in [6.07, 6.45) is 8.79. The summed E-state index contributed by atoms with van der Waals surface area (Å²) in [5, 5.41) is 6.67. The van der Waals surface area contributed by atoms with Crippen LogP contribution in [0.25, 0.3) is 0 Å². The van der Waals surface area contributed by atoms with Gasteiger partial charge in [-0.3, -0.25) is 4.99 Å². The highest BCUT2D eigenvalue weighted by atomic mass is 16.5. The van der Waals surface area contributed by atoms with E-state index in [1.807, 2.05) is 19.3 Å². The molecule has 0 spiro atoms. The molecule has 2 N–H and O–H groups in total. The molecule has 1 atom stereocenters. The average molecular weight is 293 g/mol. The fourth-order valence-corrected chi connectivity index (χ4v) is 2.49. The Kier molecular flexibility index (Phi) is 6.53. The van der Waals surface area contributed by atoms with E-state index in [0.29, 0.717) is 6.10 Å². The van der Waals surface area contributed by atoms with Gasteiger partial charge in [0.05, 0.1) is 6.10 Å². The van der Waals surface area contributed by atoms with Crippen LogP contribution in [0, 0.1) is 6.92 Å². The van der Waals surface area contributed by atoms with Gasteiger partial charge in [0.1, 0.15) is 5.82 Å². The maximum Gasteiger partial charge on any atom is 0.191 e. The number of rotatable bonds is 7. The lowest BCUT2D eigenvalue weighted by atomic mass is 10.2. The van der Waals surface area contributed by atoms with Crippen molar-refractivity contribution in [2.75, 3.05) is 26.7 Å². The van der Waals surface area contributed by atoms with Gasteiger partial charge >= 0.3 is 0 Å². The van der Waals surface area contributed by atoms with Crippen LogP contribution in [0.4, 0.5) is 0 Å². The van der Waals surface area contributed by atoms with E-state index >= 15 is 0 Å². The number of guanidine groups is 1. The molecule has 6 nitrogen and oxygen atoms in total. The summed E-state index contributed by atoms with van der Waals surface area (Å²) in [6.45, 7) is 5.73. The van der Waals surface area contributed by atoms with Gasteiger partial charge in [0, 0.05) is 45.7 Å². The first kappa shape index (κ1) is 15.8. The lowest BCUT2D eigenvalue weighted by Crippen LogP contribution is -2.41. The third-order valence-corrected chi connectivity index (χ3v) is 3.79. The summed E-state index contributed by atoms with van der Waals surface area (Å²) in [7, 11) is 1.81. The number of aromatic nitrogens is 2. The van der Waals surface area contributed by atoms with E-state index in [9.17, 15) is 0 Å². The lowest BCUT2D eigenvalue weighted by Gasteiger charge is -2.15. The fraction of sp³-hybridized carbons (Fsp3) is 0.733. The Balaban J connectivity index is 1.54. The first-order valence-corrected chi connectivity index (χ1v) is 7.83. The molecule has 21 heavy (non-hydrogen) atoms. The van der Waals surface area contributed by atoms with Gasteiger partial charge in [0.25, 0.3) is 0 Å². The van der Waals surface area contributed by atoms with Crippen LogP contribution in [0.1, 0.15) is 31.5 Å². The van der Waals surface area contributed by atoms with Crippen molar-refractivity contribution in [1.29, 1.82) is 0 Å². The molecule has 1 aliphatic rings. The predicted octanol–water partition coefficient (Wildman–Crippen LogP) is 1.32. The number of imidazole rings is 1. The lowest BCUT2D eigenvalue weighted by molar-refractivity contribution is 0.114. The second-order valence-electron chi connectivity index (χ2n) is 5.39. The molecule has 0 bridgehead atoms. The topological polar surface area (TPSA) is 63.5 Å². The highest BCUT2D eigenvalue weighted by molar-refractivity contribution is 5.79. The Labute approximate surface area is 127 Å². The van der Waals surface area contributed by atoms with Crippen molar-refractivity contribution in [2.24, 2.45) is 4.99 Å². The zero-order valence-corrected chi connectivity index (χ0v) is 13.1. The summed E-state index contributed by atoms with van der Waals surface area (Å²) in [6, 6.07) is 0. The molecule has 1 unspecified atom stereocenters.